The van der Waals surface area contributed by atoms with Gasteiger partial charge in [0, 0.05) is 37.1 Å². The molecule has 0 saturated carbocycles. The fraction of sp³-hybridized carbons (Fsp3) is 0.375. The van der Waals surface area contributed by atoms with Crippen LogP contribution in [-0.2, 0) is 14.3 Å². The van der Waals surface area contributed by atoms with Crippen LogP contribution in [0.2, 0.25) is 0 Å². The maximum atomic E-state index is 11.6. The number of methoxy groups -OCH3 is 3. The van der Waals surface area contributed by atoms with E-state index in [0.29, 0.717) is 28.6 Å². The maximum Gasteiger partial charge on any atom is 0.303 e. The molecular formula is C24H28O7. The Kier molecular flexibility index (Phi) is 7.07. The summed E-state index contributed by atoms with van der Waals surface area (Å²) < 4.78 is 33.3. The van der Waals surface area contributed by atoms with Crippen molar-refractivity contribution < 1.29 is 33.2 Å². The number of carbonyl (C=O) groups excluding carboxylic acids is 1. The third-order valence-corrected chi connectivity index (χ3v) is 5.22. The van der Waals surface area contributed by atoms with E-state index in [4.69, 9.17) is 28.4 Å². The Bertz CT molecular complexity index is 953. The Hall–Kier alpha value is -3.19. The lowest BCUT2D eigenvalue weighted by molar-refractivity contribution is -0.144. The summed E-state index contributed by atoms with van der Waals surface area (Å²) in [6, 6.07) is 9.49. The lowest BCUT2D eigenvalue weighted by Crippen LogP contribution is -2.10. The van der Waals surface area contributed by atoms with Crippen molar-refractivity contribution in [3.63, 3.8) is 0 Å². The molecule has 0 aromatic heterocycles. The van der Waals surface area contributed by atoms with Crippen molar-refractivity contribution in [2.24, 2.45) is 0 Å². The number of carbonyl (C=O) groups is 1. The topological polar surface area (TPSA) is 72.5 Å². The van der Waals surface area contributed by atoms with Gasteiger partial charge in [0.1, 0.15) is 23.7 Å². The van der Waals surface area contributed by atoms with E-state index in [1.165, 1.54) is 14.0 Å². The van der Waals surface area contributed by atoms with Gasteiger partial charge in [-0.05, 0) is 29.8 Å². The van der Waals surface area contributed by atoms with Crippen LogP contribution in [0.25, 0.3) is 0 Å². The van der Waals surface area contributed by atoms with E-state index in [1.807, 2.05) is 24.3 Å². The number of rotatable bonds is 9. The molecule has 1 aliphatic rings. The minimum atomic E-state index is -0.651. The van der Waals surface area contributed by atoms with Gasteiger partial charge in [0.15, 0.2) is 18.3 Å². The molecule has 0 N–H and O–H groups in total. The predicted molar refractivity (Wildman–Crippen MR) is 115 cm³/mol. The number of ether oxygens (including phenoxy) is 6. The first-order chi connectivity index (χ1) is 14.9. The van der Waals surface area contributed by atoms with E-state index in [-0.39, 0.29) is 18.8 Å². The van der Waals surface area contributed by atoms with E-state index in [9.17, 15) is 4.79 Å². The van der Waals surface area contributed by atoms with E-state index in [2.05, 4.69) is 13.5 Å². The first kappa shape index (κ1) is 22.5. The van der Waals surface area contributed by atoms with Crippen molar-refractivity contribution >= 4 is 5.97 Å². The highest BCUT2D eigenvalue weighted by Crippen LogP contribution is 2.50. The first-order valence-corrected chi connectivity index (χ1v) is 9.91. The van der Waals surface area contributed by atoms with E-state index >= 15 is 0 Å². The van der Waals surface area contributed by atoms with Gasteiger partial charge in [0.05, 0.1) is 14.2 Å². The summed E-state index contributed by atoms with van der Waals surface area (Å²) in [5.74, 6) is 2.13. The standard InChI is InChI=1S/C24H28O7/c1-7-19(30-15(3)25)18-11-17-14(2)24(31-22(17)12-21(18)29-13-26-4)16-8-9-20(27-5)23(10-16)28-6/h7-12,14,19,24H,1,13H2,2-6H3/t14-,19?,24-/m0/s1. The SMILES string of the molecule is C=CC(OC(C)=O)c1cc2c(cc1OCOC)O[C@H](c1ccc(OC)c(OC)c1)[C@H]2C. The predicted octanol–water partition coefficient (Wildman–Crippen LogP) is 4.71. The van der Waals surface area contributed by atoms with Gasteiger partial charge in [0.25, 0.3) is 0 Å². The number of hydrogen-bond donors (Lipinski definition) is 0. The zero-order valence-corrected chi connectivity index (χ0v) is 18.5. The van der Waals surface area contributed by atoms with Gasteiger partial charge in [-0.25, -0.2) is 0 Å². The van der Waals surface area contributed by atoms with Crippen molar-refractivity contribution in [3.05, 3.63) is 59.7 Å². The van der Waals surface area contributed by atoms with E-state index in [1.54, 1.807) is 26.4 Å². The molecule has 2 aromatic rings. The Morgan fingerprint density at radius 3 is 2.48 bits per heavy atom. The van der Waals surface area contributed by atoms with E-state index < -0.39 is 12.1 Å². The molecule has 3 atom stereocenters. The number of hydrogen-bond acceptors (Lipinski definition) is 7. The van der Waals surface area contributed by atoms with Crippen molar-refractivity contribution in [2.75, 3.05) is 28.1 Å². The Morgan fingerprint density at radius 1 is 1.13 bits per heavy atom. The second kappa shape index (κ2) is 9.75. The van der Waals surface area contributed by atoms with Crippen LogP contribution in [0.15, 0.2) is 43.0 Å². The van der Waals surface area contributed by atoms with Gasteiger partial charge in [0.2, 0.25) is 0 Å². The molecule has 0 saturated heterocycles. The molecule has 7 heteroatoms. The van der Waals surface area contributed by atoms with Gasteiger partial charge < -0.3 is 28.4 Å². The molecule has 1 unspecified atom stereocenters. The second-order valence-electron chi connectivity index (χ2n) is 7.19. The minimum Gasteiger partial charge on any atom is -0.493 e. The zero-order valence-electron chi connectivity index (χ0n) is 18.5. The van der Waals surface area contributed by atoms with Crippen LogP contribution in [0.1, 0.15) is 48.7 Å². The van der Waals surface area contributed by atoms with Crippen molar-refractivity contribution in [1.82, 2.24) is 0 Å². The maximum absolute atomic E-state index is 11.6. The molecule has 31 heavy (non-hydrogen) atoms. The Balaban J connectivity index is 2.00. The lowest BCUT2D eigenvalue weighted by atomic mass is 9.90. The fourth-order valence-electron chi connectivity index (χ4n) is 3.73. The molecular weight excluding hydrogens is 400 g/mol. The second-order valence-corrected chi connectivity index (χ2v) is 7.19. The van der Waals surface area contributed by atoms with Crippen LogP contribution in [0.5, 0.6) is 23.0 Å². The van der Waals surface area contributed by atoms with Crippen LogP contribution in [0.3, 0.4) is 0 Å². The molecule has 1 aliphatic heterocycles. The third-order valence-electron chi connectivity index (χ3n) is 5.22. The monoisotopic (exact) mass is 428 g/mol. The highest BCUT2D eigenvalue weighted by Gasteiger charge is 2.35. The minimum absolute atomic E-state index is 0.0334. The highest BCUT2D eigenvalue weighted by atomic mass is 16.7. The van der Waals surface area contributed by atoms with Gasteiger partial charge in [-0.15, -0.1) is 0 Å². The summed E-state index contributed by atoms with van der Waals surface area (Å²) >= 11 is 0. The molecule has 0 amide bonds. The van der Waals surface area contributed by atoms with Crippen molar-refractivity contribution in [3.8, 4) is 23.0 Å². The molecule has 0 spiro atoms. The van der Waals surface area contributed by atoms with Crippen molar-refractivity contribution in [2.45, 2.75) is 32.0 Å². The average molecular weight is 428 g/mol. The zero-order chi connectivity index (χ0) is 22.5. The molecule has 0 aliphatic carbocycles. The molecule has 3 rings (SSSR count). The summed E-state index contributed by atoms with van der Waals surface area (Å²) in [5, 5.41) is 0. The molecule has 0 bridgehead atoms. The Morgan fingerprint density at radius 2 is 1.87 bits per heavy atom. The normalized spacial score (nSPS) is 17.8. The van der Waals surface area contributed by atoms with Crippen molar-refractivity contribution in [1.29, 1.82) is 0 Å². The number of esters is 1. The fourth-order valence-corrected chi connectivity index (χ4v) is 3.73. The summed E-state index contributed by atoms with van der Waals surface area (Å²) in [4.78, 5) is 11.6. The smallest absolute Gasteiger partial charge is 0.303 e. The molecule has 0 radical (unpaired) electrons. The van der Waals surface area contributed by atoms with Crippen LogP contribution in [-0.4, -0.2) is 34.1 Å². The molecule has 7 nitrogen and oxygen atoms in total. The van der Waals surface area contributed by atoms with Gasteiger partial charge in [-0.2, -0.15) is 0 Å². The van der Waals surface area contributed by atoms with E-state index in [0.717, 1.165) is 11.1 Å². The van der Waals surface area contributed by atoms with Crippen LogP contribution in [0.4, 0.5) is 0 Å². The molecule has 1 heterocycles. The summed E-state index contributed by atoms with van der Waals surface area (Å²) in [6.45, 7) is 7.29. The van der Waals surface area contributed by atoms with Crippen LogP contribution >= 0.6 is 0 Å². The highest BCUT2D eigenvalue weighted by molar-refractivity contribution is 5.67. The quantitative estimate of drug-likeness (QED) is 0.325. The average Bonchev–Trinajstić information content (AvgIpc) is 3.10. The van der Waals surface area contributed by atoms with Gasteiger partial charge >= 0.3 is 5.97 Å². The Labute approximate surface area is 182 Å². The lowest BCUT2D eigenvalue weighted by Gasteiger charge is -2.19. The molecule has 2 aromatic carbocycles. The largest absolute Gasteiger partial charge is 0.493 e. The molecule has 0 fully saturated rings. The number of fused-ring (bicyclic) bond motifs is 1. The van der Waals surface area contributed by atoms with Crippen LogP contribution in [0, 0.1) is 0 Å². The number of benzene rings is 2. The first-order valence-electron chi connectivity index (χ1n) is 9.91. The van der Waals surface area contributed by atoms with Gasteiger partial charge in [-0.1, -0.05) is 19.6 Å². The van der Waals surface area contributed by atoms with Crippen LogP contribution < -0.4 is 18.9 Å². The summed E-state index contributed by atoms with van der Waals surface area (Å²) in [5.41, 5.74) is 2.63. The summed E-state index contributed by atoms with van der Waals surface area (Å²) in [7, 11) is 4.74. The summed E-state index contributed by atoms with van der Waals surface area (Å²) in [6.07, 6.45) is 0.688. The van der Waals surface area contributed by atoms with Gasteiger partial charge in [-0.3, -0.25) is 4.79 Å². The molecule has 166 valence electrons. The third kappa shape index (κ3) is 4.61.